The second kappa shape index (κ2) is 2.71. The predicted molar refractivity (Wildman–Crippen MR) is 49.0 cm³/mol. The summed E-state index contributed by atoms with van der Waals surface area (Å²) < 4.78 is 0. The second-order valence-corrected chi connectivity index (χ2v) is 5.23. The van der Waals surface area contributed by atoms with Gasteiger partial charge in [0.25, 0.3) is 0 Å². The van der Waals surface area contributed by atoms with Crippen molar-refractivity contribution in [3.63, 3.8) is 0 Å². The molecule has 5 fully saturated rings. The minimum absolute atomic E-state index is 0.190. The molecule has 5 rings (SSSR count). The number of aliphatic hydroxyl groups is 2. The first-order chi connectivity index (χ1) is 6.31. The maximum absolute atomic E-state index is 10.0. The third-order valence-electron chi connectivity index (χ3n) is 4.91. The normalized spacial score (nSPS) is 58.6. The van der Waals surface area contributed by atoms with E-state index in [0.29, 0.717) is 11.8 Å². The monoisotopic (exact) mass is 182 g/mol. The Morgan fingerprint density at radius 1 is 1.00 bits per heavy atom. The van der Waals surface area contributed by atoms with Crippen molar-refractivity contribution in [1.82, 2.24) is 0 Å². The van der Waals surface area contributed by atoms with E-state index in [-0.39, 0.29) is 18.6 Å². The fourth-order valence-electron chi connectivity index (χ4n) is 4.28. The number of hydrogen-bond donors (Lipinski definition) is 2. The summed E-state index contributed by atoms with van der Waals surface area (Å²) in [4.78, 5) is 0. The van der Waals surface area contributed by atoms with E-state index in [9.17, 15) is 10.2 Å². The molecule has 74 valence electrons. The molecule has 2 nitrogen and oxygen atoms in total. The molecule has 0 aromatic rings. The fraction of sp³-hybridized carbons (Fsp3) is 1.00. The van der Waals surface area contributed by atoms with Crippen LogP contribution in [0.5, 0.6) is 0 Å². The summed E-state index contributed by atoms with van der Waals surface area (Å²) in [7, 11) is 0. The third-order valence-corrected chi connectivity index (χ3v) is 4.91. The summed E-state index contributed by atoms with van der Waals surface area (Å²) >= 11 is 0. The van der Waals surface area contributed by atoms with Gasteiger partial charge in [-0.2, -0.15) is 0 Å². The van der Waals surface area contributed by atoms with Crippen LogP contribution < -0.4 is 0 Å². The van der Waals surface area contributed by atoms with Gasteiger partial charge in [0.15, 0.2) is 0 Å². The summed E-state index contributed by atoms with van der Waals surface area (Å²) in [6.07, 6.45) is 5.03. The van der Waals surface area contributed by atoms with Crippen LogP contribution in [0.1, 0.15) is 25.7 Å². The predicted octanol–water partition coefficient (Wildman–Crippen LogP) is 1.02. The first kappa shape index (κ1) is 8.25. The smallest absolute Gasteiger partial charge is 0.0623 e. The molecule has 5 aliphatic rings. The van der Waals surface area contributed by atoms with Gasteiger partial charge in [-0.3, -0.25) is 0 Å². The van der Waals surface area contributed by atoms with Crippen molar-refractivity contribution in [3.05, 3.63) is 0 Å². The lowest BCUT2D eigenvalue weighted by atomic mass is 9.49. The van der Waals surface area contributed by atoms with Gasteiger partial charge in [0, 0.05) is 12.5 Å². The Morgan fingerprint density at radius 3 is 2.15 bits per heavy atom. The molecule has 0 heterocycles. The number of aliphatic hydroxyl groups excluding tert-OH is 2. The highest BCUT2D eigenvalue weighted by Gasteiger charge is 2.54. The van der Waals surface area contributed by atoms with Crippen LogP contribution in [0.4, 0.5) is 0 Å². The molecule has 0 aliphatic heterocycles. The Balaban J connectivity index is 1.91. The molecule has 0 aromatic heterocycles. The lowest BCUT2D eigenvalue weighted by Gasteiger charge is -2.58. The summed E-state index contributed by atoms with van der Waals surface area (Å²) in [6, 6.07) is 0. The van der Waals surface area contributed by atoms with Crippen molar-refractivity contribution in [1.29, 1.82) is 0 Å². The molecular formula is C11H18O2. The molecule has 2 N–H and O–H groups in total. The molecule has 4 unspecified atom stereocenters. The maximum atomic E-state index is 10.0. The van der Waals surface area contributed by atoms with Crippen molar-refractivity contribution < 1.29 is 10.2 Å². The van der Waals surface area contributed by atoms with Crippen molar-refractivity contribution in [2.45, 2.75) is 31.8 Å². The van der Waals surface area contributed by atoms with E-state index in [0.717, 1.165) is 11.8 Å². The van der Waals surface area contributed by atoms with E-state index >= 15 is 0 Å². The molecule has 0 radical (unpaired) electrons. The minimum atomic E-state index is -0.190. The van der Waals surface area contributed by atoms with Gasteiger partial charge in [-0.15, -0.1) is 0 Å². The highest BCUT2D eigenvalue weighted by atomic mass is 16.3. The van der Waals surface area contributed by atoms with Crippen LogP contribution in [0.25, 0.3) is 0 Å². The first-order valence-electron chi connectivity index (χ1n) is 5.60. The Kier molecular flexibility index (Phi) is 1.72. The SMILES string of the molecule is OC[C@H]1C2CC3CCC2CC3[C@@H]1O. The van der Waals surface area contributed by atoms with E-state index in [2.05, 4.69) is 0 Å². The topological polar surface area (TPSA) is 40.5 Å². The summed E-state index contributed by atoms with van der Waals surface area (Å²) in [5.41, 5.74) is 0. The van der Waals surface area contributed by atoms with Crippen molar-refractivity contribution in [2.75, 3.05) is 6.61 Å². The highest BCUT2D eigenvalue weighted by Crippen LogP contribution is 2.57. The summed E-state index contributed by atoms with van der Waals surface area (Å²) in [6.45, 7) is 0.200. The van der Waals surface area contributed by atoms with Crippen LogP contribution in [-0.4, -0.2) is 22.9 Å². The zero-order chi connectivity index (χ0) is 9.00. The van der Waals surface area contributed by atoms with Gasteiger partial charge in [-0.25, -0.2) is 0 Å². The average Bonchev–Trinajstić information content (AvgIpc) is 2.19. The standard InChI is InChI=1S/C11H18O2/c12-5-10-8-3-7-2-1-6(8)4-9(7)11(10)13/h6-13H,1-5H2/t6?,7?,8?,9?,10-,11-/m0/s1. The molecule has 0 aromatic carbocycles. The van der Waals surface area contributed by atoms with Gasteiger partial charge < -0.3 is 10.2 Å². The maximum Gasteiger partial charge on any atom is 0.0623 e. The Morgan fingerprint density at radius 2 is 1.62 bits per heavy atom. The molecule has 13 heavy (non-hydrogen) atoms. The van der Waals surface area contributed by atoms with Gasteiger partial charge in [0.2, 0.25) is 0 Å². The van der Waals surface area contributed by atoms with E-state index in [1.807, 2.05) is 0 Å². The molecule has 2 heteroatoms. The Hall–Kier alpha value is -0.0800. The van der Waals surface area contributed by atoms with Crippen molar-refractivity contribution >= 4 is 0 Å². The quantitative estimate of drug-likeness (QED) is 0.635. The number of rotatable bonds is 1. The van der Waals surface area contributed by atoms with Crippen LogP contribution in [0, 0.1) is 29.6 Å². The van der Waals surface area contributed by atoms with Gasteiger partial charge in [0.05, 0.1) is 6.10 Å². The van der Waals surface area contributed by atoms with Crippen molar-refractivity contribution in [3.8, 4) is 0 Å². The van der Waals surface area contributed by atoms with E-state index < -0.39 is 0 Å². The van der Waals surface area contributed by atoms with Gasteiger partial charge in [0.1, 0.15) is 0 Å². The van der Waals surface area contributed by atoms with Gasteiger partial charge >= 0.3 is 0 Å². The Bertz CT molecular complexity index is 214. The zero-order valence-electron chi connectivity index (χ0n) is 7.89. The summed E-state index contributed by atoms with van der Waals surface area (Å²) in [5, 5.41) is 19.3. The van der Waals surface area contributed by atoms with Crippen LogP contribution >= 0.6 is 0 Å². The van der Waals surface area contributed by atoms with Gasteiger partial charge in [-0.1, -0.05) is 0 Å². The second-order valence-electron chi connectivity index (χ2n) is 5.23. The van der Waals surface area contributed by atoms with Crippen LogP contribution in [0.3, 0.4) is 0 Å². The molecule has 5 saturated carbocycles. The molecule has 0 spiro atoms. The average molecular weight is 182 g/mol. The minimum Gasteiger partial charge on any atom is -0.396 e. The van der Waals surface area contributed by atoms with Crippen LogP contribution in [0.15, 0.2) is 0 Å². The lowest BCUT2D eigenvalue weighted by Crippen LogP contribution is -2.56. The van der Waals surface area contributed by atoms with E-state index in [1.54, 1.807) is 0 Å². The highest BCUT2D eigenvalue weighted by molar-refractivity contribution is 5.03. The zero-order valence-corrected chi connectivity index (χ0v) is 7.89. The van der Waals surface area contributed by atoms with E-state index in [4.69, 9.17) is 0 Å². The number of hydrogen-bond acceptors (Lipinski definition) is 2. The Labute approximate surface area is 79.0 Å². The summed E-state index contributed by atoms with van der Waals surface area (Å²) in [5.74, 6) is 2.99. The molecule has 6 atom stereocenters. The fourth-order valence-corrected chi connectivity index (χ4v) is 4.28. The van der Waals surface area contributed by atoms with E-state index in [1.165, 1.54) is 25.7 Å². The van der Waals surface area contributed by atoms with Gasteiger partial charge in [-0.05, 0) is 49.4 Å². The van der Waals surface area contributed by atoms with Crippen molar-refractivity contribution in [2.24, 2.45) is 29.6 Å². The lowest BCUT2D eigenvalue weighted by molar-refractivity contribution is -0.156. The van der Waals surface area contributed by atoms with Crippen LogP contribution in [-0.2, 0) is 0 Å². The molecule has 0 saturated heterocycles. The van der Waals surface area contributed by atoms with Crippen LogP contribution in [0.2, 0.25) is 0 Å². The molecule has 4 bridgehead atoms. The largest absolute Gasteiger partial charge is 0.396 e. The molecule has 5 aliphatic carbocycles. The first-order valence-corrected chi connectivity index (χ1v) is 5.60. The third kappa shape index (κ3) is 0.962. The molecular weight excluding hydrogens is 164 g/mol. The molecule has 0 amide bonds. The number of fused-ring (bicyclic) bond motifs is 2.